The third kappa shape index (κ3) is 3.38. The van der Waals surface area contributed by atoms with Crippen molar-refractivity contribution in [3.05, 3.63) is 63.9 Å². The molecule has 4 heteroatoms. The van der Waals surface area contributed by atoms with Crippen LogP contribution in [0.15, 0.2) is 46.9 Å². The maximum absolute atomic E-state index is 13.6. The lowest BCUT2D eigenvalue weighted by Gasteiger charge is -2.21. The van der Waals surface area contributed by atoms with Gasteiger partial charge >= 0.3 is 0 Å². The number of hydrogen-bond donors (Lipinski definition) is 1. The smallest absolute Gasteiger partial charge is 0.128 e. The second-order valence-corrected chi connectivity index (χ2v) is 5.68. The highest BCUT2D eigenvalue weighted by Gasteiger charge is 2.10. The molecule has 1 atom stereocenters. The Bertz CT molecular complexity index is 601. The molecule has 2 rings (SSSR count). The quantitative estimate of drug-likeness (QED) is 0.900. The van der Waals surface area contributed by atoms with E-state index in [2.05, 4.69) is 15.9 Å². The van der Waals surface area contributed by atoms with Crippen molar-refractivity contribution in [2.24, 2.45) is 0 Å². The van der Waals surface area contributed by atoms with Gasteiger partial charge in [0.2, 0.25) is 0 Å². The number of anilines is 1. The average Bonchev–Trinajstić information content (AvgIpc) is 2.40. The van der Waals surface area contributed by atoms with Crippen LogP contribution < -0.4 is 4.90 Å². The molecule has 0 radical (unpaired) electrons. The first-order chi connectivity index (χ1) is 9.49. The van der Waals surface area contributed by atoms with Crippen LogP contribution in [0.1, 0.15) is 24.2 Å². The zero-order chi connectivity index (χ0) is 14.7. The Balaban J connectivity index is 2.20. The van der Waals surface area contributed by atoms with Gasteiger partial charge in [0.15, 0.2) is 0 Å². The zero-order valence-corrected chi connectivity index (χ0v) is 13.1. The van der Waals surface area contributed by atoms with Crippen LogP contribution >= 0.6 is 15.9 Å². The first-order valence-corrected chi connectivity index (χ1v) is 7.20. The highest BCUT2D eigenvalue weighted by molar-refractivity contribution is 9.10. The van der Waals surface area contributed by atoms with Gasteiger partial charge in [0.1, 0.15) is 5.82 Å². The summed E-state index contributed by atoms with van der Waals surface area (Å²) >= 11 is 3.46. The lowest BCUT2D eigenvalue weighted by atomic mass is 10.1. The van der Waals surface area contributed by atoms with Crippen LogP contribution in [0.3, 0.4) is 0 Å². The number of benzene rings is 2. The fraction of sp³-hybridized carbons (Fsp3) is 0.250. The van der Waals surface area contributed by atoms with Crippen LogP contribution in [0.2, 0.25) is 0 Å². The van der Waals surface area contributed by atoms with Crippen LogP contribution in [0.5, 0.6) is 0 Å². The van der Waals surface area contributed by atoms with Gasteiger partial charge < -0.3 is 10.0 Å². The largest absolute Gasteiger partial charge is 0.389 e. The molecule has 0 amide bonds. The number of aliphatic hydroxyl groups is 1. The first-order valence-electron chi connectivity index (χ1n) is 6.41. The Kier molecular flexibility index (Phi) is 4.78. The molecule has 0 heterocycles. The number of nitrogens with zero attached hydrogens (tertiary/aromatic N) is 1. The fourth-order valence-electron chi connectivity index (χ4n) is 2.07. The summed E-state index contributed by atoms with van der Waals surface area (Å²) in [4.78, 5) is 1.97. The monoisotopic (exact) mass is 337 g/mol. The van der Waals surface area contributed by atoms with Crippen LogP contribution in [-0.4, -0.2) is 12.2 Å². The van der Waals surface area contributed by atoms with E-state index in [0.29, 0.717) is 12.1 Å². The molecule has 2 aromatic rings. The second kappa shape index (κ2) is 6.37. The standard InChI is InChI=1S/C16H17BrFNO/c1-11(20)14-8-7-13(9-15(14)17)19(2)10-12-5-3-4-6-16(12)18/h3-9,11,20H,10H2,1-2H3. The summed E-state index contributed by atoms with van der Waals surface area (Å²) in [6.07, 6.45) is -0.518. The molecule has 0 aliphatic rings. The van der Waals surface area contributed by atoms with Crippen molar-refractivity contribution in [3.63, 3.8) is 0 Å². The van der Waals surface area contributed by atoms with Gasteiger partial charge in [0.25, 0.3) is 0 Å². The third-order valence-corrected chi connectivity index (χ3v) is 3.93. The molecule has 106 valence electrons. The lowest BCUT2D eigenvalue weighted by Crippen LogP contribution is -2.17. The van der Waals surface area contributed by atoms with Crippen LogP contribution in [0, 0.1) is 5.82 Å². The summed E-state index contributed by atoms with van der Waals surface area (Å²) in [5, 5.41) is 9.61. The molecule has 2 aromatic carbocycles. The molecule has 0 bridgehead atoms. The van der Waals surface area contributed by atoms with Gasteiger partial charge in [-0.05, 0) is 30.7 Å². The summed E-state index contributed by atoms with van der Waals surface area (Å²) < 4.78 is 14.5. The van der Waals surface area contributed by atoms with Crippen molar-refractivity contribution in [1.82, 2.24) is 0 Å². The summed E-state index contributed by atoms with van der Waals surface area (Å²) in [7, 11) is 1.91. The normalized spacial score (nSPS) is 12.2. The third-order valence-electron chi connectivity index (χ3n) is 3.24. The second-order valence-electron chi connectivity index (χ2n) is 4.83. The van der Waals surface area contributed by atoms with Gasteiger partial charge in [-0.25, -0.2) is 4.39 Å². The summed E-state index contributed by atoms with van der Waals surface area (Å²) in [6, 6.07) is 12.5. The zero-order valence-electron chi connectivity index (χ0n) is 11.5. The van der Waals surface area contributed by atoms with Gasteiger partial charge in [-0.3, -0.25) is 0 Å². The van der Waals surface area contributed by atoms with E-state index in [1.54, 1.807) is 19.1 Å². The number of halogens is 2. The molecule has 0 saturated carbocycles. The van der Waals surface area contributed by atoms with Crippen LogP contribution in [0.4, 0.5) is 10.1 Å². The maximum Gasteiger partial charge on any atom is 0.128 e. The predicted octanol–water partition coefficient (Wildman–Crippen LogP) is 4.28. The number of aliphatic hydroxyl groups excluding tert-OH is 1. The maximum atomic E-state index is 13.6. The molecular formula is C16H17BrFNO. The summed E-state index contributed by atoms with van der Waals surface area (Å²) in [6.45, 7) is 2.22. The molecule has 0 saturated heterocycles. The van der Waals surface area contributed by atoms with E-state index in [-0.39, 0.29) is 5.82 Å². The molecule has 1 N–H and O–H groups in total. The Labute approximate surface area is 127 Å². The van der Waals surface area contributed by atoms with Crippen molar-refractivity contribution < 1.29 is 9.50 Å². The topological polar surface area (TPSA) is 23.5 Å². The minimum absolute atomic E-state index is 0.195. The molecule has 0 aliphatic heterocycles. The van der Waals surface area contributed by atoms with Gasteiger partial charge in [0.05, 0.1) is 6.10 Å². The van der Waals surface area contributed by atoms with Gasteiger partial charge in [-0.1, -0.05) is 40.2 Å². The first kappa shape index (κ1) is 15.0. The van der Waals surface area contributed by atoms with E-state index < -0.39 is 6.10 Å². The lowest BCUT2D eigenvalue weighted by molar-refractivity contribution is 0.198. The van der Waals surface area contributed by atoms with Crippen LogP contribution in [-0.2, 0) is 6.54 Å². The summed E-state index contributed by atoms with van der Waals surface area (Å²) in [5.41, 5.74) is 2.46. The molecule has 0 aliphatic carbocycles. The van der Waals surface area contributed by atoms with Crippen LogP contribution in [0.25, 0.3) is 0 Å². The van der Waals surface area contributed by atoms with Crippen molar-refractivity contribution in [1.29, 1.82) is 0 Å². The van der Waals surface area contributed by atoms with Gasteiger partial charge in [0, 0.05) is 29.3 Å². The van der Waals surface area contributed by atoms with Crippen molar-refractivity contribution in [2.45, 2.75) is 19.6 Å². The molecule has 2 nitrogen and oxygen atoms in total. The molecule has 0 aromatic heterocycles. The van der Waals surface area contributed by atoms with E-state index in [0.717, 1.165) is 15.7 Å². The Morgan fingerprint density at radius 2 is 1.95 bits per heavy atom. The Morgan fingerprint density at radius 1 is 1.25 bits per heavy atom. The average molecular weight is 338 g/mol. The van der Waals surface area contributed by atoms with Gasteiger partial charge in [-0.2, -0.15) is 0 Å². The number of hydrogen-bond acceptors (Lipinski definition) is 2. The molecular weight excluding hydrogens is 321 g/mol. The van der Waals surface area contributed by atoms with E-state index in [4.69, 9.17) is 0 Å². The van der Waals surface area contributed by atoms with Crippen molar-refractivity contribution in [3.8, 4) is 0 Å². The SMILES string of the molecule is CC(O)c1ccc(N(C)Cc2ccccc2F)cc1Br. The molecule has 20 heavy (non-hydrogen) atoms. The minimum atomic E-state index is -0.518. The van der Waals surface area contributed by atoms with E-state index in [1.165, 1.54) is 6.07 Å². The molecule has 1 unspecified atom stereocenters. The van der Waals surface area contributed by atoms with Crippen molar-refractivity contribution >= 4 is 21.6 Å². The highest BCUT2D eigenvalue weighted by Crippen LogP contribution is 2.28. The minimum Gasteiger partial charge on any atom is -0.389 e. The predicted molar refractivity (Wildman–Crippen MR) is 83.3 cm³/mol. The van der Waals surface area contributed by atoms with E-state index >= 15 is 0 Å². The Hall–Kier alpha value is -1.39. The molecule has 0 fully saturated rings. The molecule has 0 spiro atoms. The van der Waals surface area contributed by atoms with E-state index in [9.17, 15) is 9.50 Å². The number of rotatable bonds is 4. The highest BCUT2D eigenvalue weighted by atomic mass is 79.9. The van der Waals surface area contributed by atoms with Gasteiger partial charge in [-0.15, -0.1) is 0 Å². The summed E-state index contributed by atoms with van der Waals surface area (Å²) in [5.74, 6) is -0.195. The van der Waals surface area contributed by atoms with E-state index in [1.807, 2.05) is 36.2 Å². The Morgan fingerprint density at radius 3 is 2.55 bits per heavy atom. The fourth-order valence-corrected chi connectivity index (χ4v) is 2.76. The van der Waals surface area contributed by atoms with Crippen molar-refractivity contribution in [2.75, 3.05) is 11.9 Å².